The summed E-state index contributed by atoms with van der Waals surface area (Å²) in [5.41, 5.74) is 1.20. The summed E-state index contributed by atoms with van der Waals surface area (Å²) >= 11 is 1.51. The van der Waals surface area contributed by atoms with Crippen molar-refractivity contribution < 1.29 is 14.0 Å². The van der Waals surface area contributed by atoms with Crippen molar-refractivity contribution in [2.75, 3.05) is 6.54 Å². The van der Waals surface area contributed by atoms with Crippen LogP contribution in [0.25, 0.3) is 10.2 Å². The van der Waals surface area contributed by atoms with Gasteiger partial charge < -0.3 is 10.6 Å². The second kappa shape index (κ2) is 7.18. The third-order valence-electron chi connectivity index (χ3n) is 3.29. The number of benzene rings is 2. The van der Waals surface area contributed by atoms with Gasteiger partial charge in [0.2, 0.25) is 5.91 Å². The molecule has 0 bridgehead atoms. The van der Waals surface area contributed by atoms with Gasteiger partial charge in [0.05, 0.1) is 23.3 Å². The maximum atomic E-state index is 12.8. The Morgan fingerprint density at radius 2 is 1.79 bits per heavy atom. The summed E-state index contributed by atoms with van der Waals surface area (Å²) in [4.78, 5) is 28.1. The van der Waals surface area contributed by atoms with Crippen molar-refractivity contribution in [1.82, 2.24) is 15.6 Å². The first kappa shape index (κ1) is 16.1. The highest BCUT2D eigenvalue weighted by Crippen LogP contribution is 2.21. The van der Waals surface area contributed by atoms with Gasteiger partial charge in [-0.05, 0) is 36.4 Å². The molecule has 0 aliphatic carbocycles. The van der Waals surface area contributed by atoms with Crippen molar-refractivity contribution in [3.8, 4) is 0 Å². The van der Waals surface area contributed by atoms with Gasteiger partial charge in [-0.15, -0.1) is 11.3 Å². The summed E-state index contributed by atoms with van der Waals surface area (Å²) in [7, 11) is 0. The van der Waals surface area contributed by atoms with Crippen LogP contribution in [0.1, 0.15) is 15.4 Å². The molecule has 0 radical (unpaired) electrons. The van der Waals surface area contributed by atoms with Gasteiger partial charge in [-0.2, -0.15) is 0 Å². The van der Waals surface area contributed by atoms with Crippen LogP contribution in [0.2, 0.25) is 0 Å². The van der Waals surface area contributed by atoms with E-state index in [-0.39, 0.29) is 12.5 Å². The van der Waals surface area contributed by atoms with Crippen LogP contribution in [-0.2, 0) is 11.3 Å². The summed E-state index contributed by atoms with van der Waals surface area (Å²) in [5, 5.41) is 6.00. The molecule has 0 fully saturated rings. The predicted molar refractivity (Wildman–Crippen MR) is 90.2 cm³/mol. The smallest absolute Gasteiger partial charge is 0.251 e. The minimum atomic E-state index is -0.426. The first-order valence-electron chi connectivity index (χ1n) is 7.27. The van der Waals surface area contributed by atoms with E-state index in [4.69, 9.17) is 0 Å². The Morgan fingerprint density at radius 3 is 2.54 bits per heavy atom. The van der Waals surface area contributed by atoms with Crippen LogP contribution in [-0.4, -0.2) is 23.3 Å². The third-order valence-corrected chi connectivity index (χ3v) is 4.33. The molecule has 2 aromatic carbocycles. The minimum absolute atomic E-state index is 0.152. The number of carbonyl (C=O) groups is 2. The molecule has 7 heteroatoms. The molecule has 0 aliphatic rings. The highest BCUT2D eigenvalue weighted by molar-refractivity contribution is 7.18. The van der Waals surface area contributed by atoms with Crippen LogP contribution >= 0.6 is 11.3 Å². The molecular formula is C17H14FN3O2S. The molecule has 2 amide bonds. The number of rotatable bonds is 5. The van der Waals surface area contributed by atoms with Crippen LogP contribution in [0.5, 0.6) is 0 Å². The molecule has 1 heterocycles. The third kappa shape index (κ3) is 3.94. The van der Waals surface area contributed by atoms with Gasteiger partial charge in [-0.1, -0.05) is 12.1 Å². The number of nitrogens with one attached hydrogen (secondary N) is 2. The summed E-state index contributed by atoms with van der Waals surface area (Å²) in [6.45, 7) is 0.158. The summed E-state index contributed by atoms with van der Waals surface area (Å²) < 4.78 is 13.9. The van der Waals surface area contributed by atoms with Crippen molar-refractivity contribution in [1.29, 1.82) is 0 Å². The minimum Gasteiger partial charge on any atom is -0.348 e. The Labute approximate surface area is 141 Å². The number of nitrogens with zero attached hydrogens (tertiary/aromatic N) is 1. The van der Waals surface area contributed by atoms with E-state index in [0.717, 1.165) is 15.2 Å². The standard InChI is InChI=1S/C17H14FN3O2S/c18-12-7-5-11(6-8-12)17(23)20-9-15(22)19-10-16-21-13-3-1-2-4-14(13)24-16/h1-8H,9-10H2,(H,19,22)(H,20,23). The molecule has 0 unspecified atom stereocenters. The summed E-state index contributed by atoms with van der Waals surface area (Å²) in [5.74, 6) is -1.16. The molecule has 122 valence electrons. The maximum absolute atomic E-state index is 12.8. The fraction of sp³-hybridized carbons (Fsp3) is 0.118. The Balaban J connectivity index is 1.48. The Bertz CT molecular complexity index is 844. The monoisotopic (exact) mass is 343 g/mol. The van der Waals surface area contributed by atoms with Crippen molar-refractivity contribution >= 4 is 33.4 Å². The van der Waals surface area contributed by atoms with Gasteiger partial charge in [0, 0.05) is 5.56 Å². The van der Waals surface area contributed by atoms with E-state index in [1.165, 1.54) is 35.6 Å². The number of amides is 2. The molecule has 3 rings (SSSR count). The fourth-order valence-electron chi connectivity index (χ4n) is 2.10. The van der Waals surface area contributed by atoms with E-state index in [1.54, 1.807) is 0 Å². The number of para-hydroxylation sites is 1. The molecule has 5 nitrogen and oxygen atoms in total. The van der Waals surface area contributed by atoms with Crippen molar-refractivity contribution in [2.45, 2.75) is 6.54 Å². The molecule has 0 aliphatic heterocycles. The predicted octanol–water partition coefficient (Wildman–Crippen LogP) is 2.48. The molecule has 2 N–H and O–H groups in total. The summed E-state index contributed by atoms with van der Waals surface area (Å²) in [6, 6.07) is 12.9. The molecule has 0 atom stereocenters. The van der Waals surface area contributed by atoms with E-state index in [1.807, 2.05) is 24.3 Å². The van der Waals surface area contributed by atoms with Crippen LogP contribution in [0.4, 0.5) is 4.39 Å². The largest absolute Gasteiger partial charge is 0.348 e. The normalized spacial score (nSPS) is 10.5. The highest BCUT2D eigenvalue weighted by atomic mass is 32.1. The lowest BCUT2D eigenvalue weighted by atomic mass is 10.2. The molecule has 0 saturated carbocycles. The zero-order chi connectivity index (χ0) is 16.9. The van der Waals surface area contributed by atoms with Gasteiger partial charge in [0.1, 0.15) is 10.8 Å². The van der Waals surface area contributed by atoms with Crippen LogP contribution in [0.3, 0.4) is 0 Å². The summed E-state index contributed by atoms with van der Waals surface area (Å²) in [6.07, 6.45) is 0. The zero-order valence-corrected chi connectivity index (χ0v) is 13.4. The number of aromatic nitrogens is 1. The fourth-order valence-corrected chi connectivity index (χ4v) is 3.00. The number of hydrogen-bond donors (Lipinski definition) is 2. The number of carbonyl (C=O) groups excluding carboxylic acids is 2. The van der Waals surface area contributed by atoms with Crippen molar-refractivity contribution in [3.63, 3.8) is 0 Å². The van der Waals surface area contributed by atoms with Crippen molar-refractivity contribution in [3.05, 3.63) is 64.9 Å². The number of fused-ring (bicyclic) bond motifs is 1. The molecule has 3 aromatic rings. The topological polar surface area (TPSA) is 71.1 Å². The van der Waals surface area contributed by atoms with Gasteiger partial charge in [0.15, 0.2) is 0 Å². The van der Waals surface area contributed by atoms with Gasteiger partial charge >= 0.3 is 0 Å². The van der Waals surface area contributed by atoms with Gasteiger partial charge in [-0.25, -0.2) is 9.37 Å². The highest BCUT2D eigenvalue weighted by Gasteiger charge is 2.09. The van der Waals surface area contributed by atoms with Crippen LogP contribution in [0, 0.1) is 5.82 Å². The average molecular weight is 343 g/mol. The van der Waals surface area contributed by atoms with Crippen LogP contribution < -0.4 is 10.6 Å². The molecule has 24 heavy (non-hydrogen) atoms. The Kier molecular flexibility index (Phi) is 4.81. The number of hydrogen-bond acceptors (Lipinski definition) is 4. The second-order valence-corrected chi connectivity index (χ2v) is 6.16. The average Bonchev–Trinajstić information content (AvgIpc) is 3.01. The molecular weight excluding hydrogens is 329 g/mol. The first-order valence-corrected chi connectivity index (χ1v) is 8.08. The lowest BCUT2D eigenvalue weighted by molar-refractivity contribution is -0.120. The quantitative estimate of drug-likeness (QED) is 0.748. The second-order valence-electron chi connectivity index (χ2n) is 5.04. The lowest BCUT2D eigenvalue weighted by Gasteiger charge is -2.06. The Morgan fingerprint density at radius 1 is 1.04 bits per heavy atom. The maximum Gasteiger partial charge on any atom is 0.251 e. The Hall–Kier alpha value is -2.80. The lowest BCUT2D eigenvalue weighted by Crippen LogP contribution is -2.36. The first-order chi connectivity index (χ1) is 11.6. The molecule has 0 spiro atoms. The van der Waals surface area contributed by atoms with E-state index in [2.05, 4.69) is 15.6 Å². The SMILES string of the molecule is O=C(CNC(=O)c1ccc(F)cc1)NCc1nc2ccccc2s1. The van der Waals surface area contributed by atoms with Crippen molar-refractivity contribution in [2.24, 2.45) is 0 Å². The van der Waals surface area contributed by atoms with E-state index < -0.39 is 11.7 Å². The molecule has 1 aromatic heterocycles. The van der Waals surface area contributed by atoms with E-state index in [0.29, 0.717) is 12.1 Å². The number of halogens is 1. The van der Waals surface area contributed by atoms with Gasteiger partial charge in [-0.3, -0.25) is 9.59 Å². The molecule has 0 saturated heterocycles. The van der Waals surface area contributed by atoms with E-state index >= 15 is 0 Å². The van der Waals surface area contributed by atoms with Gasteiger partial charge in [0.25, 0.3) is 5.91 Å². The number of thiazole rings is 1. The zero-order valence-electron chi connectivity index (χ0n) is 12.6. The van der Waals surface area contributed by atoms with Crippen LogP contribution in [0.15, 0.2) is 48.5 Å². The van der Waals surface area contributed by atoms with E-state index in [9.17, 15) is 14.0 Å².